The van der Waals surface area contributed by atoms with Crippen molar-refractivity contribution in [2.24, 2.45) is 0 Å². The first-order valence-corrected chi connectivity index (χ1v) is 7.15. The molecule has 2 rings (SSSR count). The Kier molecular flexibility index (Phi) is 5.50. The van der Waals surface area contributed by atoms with E-state index in [2.05, 4.69) is 6.07 Å². The van der Waals surface area contributed by atoms with Crippen LogP contribution in [0, 0.1) is 11.3 Å². The lowest BCUT2D eigenvalue weighted by Gasteiger charge is -2.05. The summed E-state index contributed by atoms with van der Waals surface area (Å²) in [6.45, 7) is 1.92. The molecule has 2 aromatic carbocycles. The summed E-state index contributed by atoms with van der Waals surface area (Å²) in [5, 5.41) is 8.79. The lowest BCUT2D eigenvalue weighted by molar-refractivity contribution is -0.134. The zero-order valence-corrected chi connectivity index (χ0v) is 12.5. The molecule has 3 heteroatoms. The van der Waals surface area contributed by atoms with E-state index in [0.717, 1.165) is 11.1 Å². The summed E-state index contributed by atoms with van der Waals surface area (Å²) < 4.78 is 5.27. The van der Waals surface area contributed by atoms with Gasteiger partial charge in [-0.1, -0.05) is 36.4 Å². The number of nitriles is 1. The van der Waals surface area contributed by atoms with Gasteiger partial charge in [0, 0.05) is 6.42 Å². The Bertz CT molecular complexity index is 692. The van der Waals surface area contributed by atoms with Gasteiger partial charge in [0.25, 0.3) is 0 Å². The number of hydrogen-bond donors (Lipinski definition) is 0. The highest BCUT2D eigenvalue weighted by Gasteiger charge is 2.04. The molecule has 0 saturated carbocycles. The van der Waals surface area contributed by atoms with Crippen molar-refractivity contribution in [3.63, 3.8) is 0 Å². The van der Waals surface area contributed by atoms with Gasteiger partial charge in [0.1, 0.15) is 5.75 Å². The molecule has 0 atom stereocenters. The maximum absolute atomic E-state index is 11.6. The van der Waals surface area contributed by atoms with Gasteiger partial charge in [-0.05, 0) is 48.7 Å². The van der Waals surface area contributed by atoms with E-state index in [1.807, 2.05) is 43.3 Å². The van der Waals surface area contributed by atoms with Crippen LogP contribution in [0.1, 0.15) is 25.3 Å². The van der Waals surface area contributed by atoms with Crippen LogP contribution in [0.2, 0.25) is 0 Å². The summed E-state index contributed by atoms with van der Waals surface area (Å²) in [7, 11) is 0. The number of benzene rings is 2. The maximum atomic E-state index is 11.6. The average molecular weight is 291 g/mol. The van der Waals surface area contributed by atoms with Crippen molar-refractivity contribution in [3.05, 3.63) is 66.2 Å². The lowest BCUT2D eigenvalue weighted by Crippen LogP contribution is -2.06. The molecule has 0 amide bonds. The maximum Gasteiger partial charge on any atom is 0.311 e. The molecular formula is C19H17NO2. The minimum absolute atomic E-state index is 0.232. The van der Waals surface area contributed by atoms with Gasteiger partial charge >= 0.3 is 5.97 Å². The van der Waals surface area contributed by atoms with Gasteiger partial charge in [0.15, 0.2) is 0 Å². The van der Waals surface area contributed by atoms with Crippen molar-refractivity contribution in [2.45, 2.75) is 19.8 Å². The Labute approximate surface area is 130 Å². The van der Waals surface area contributed by atoms with E-state index in [-0.39, 0.29) is 5.97 Å². The van der Waals surface area contributed by atoms with Crippen molar-refractivity contribution in [3.8, 4) is 22.9 Å². The highest BCUT2D eigenvalue weighted by Crippen LogP contribution is 2.23. The molecule has 0 aliphatic heterocycles. The van der Waals surface area contributed by atoms with Crippen molar-refractivity contribution in [1.29, 1.82) is 5.26 Å². The van der Waals surface area contributed by atoms with E-state index < -0.39 is 0 Å². The predicted octanol–water partition coefficient (Wildman–Crippen LogP) is 4.49. The number of nitrogens with zero attached hydrogens (tertiary/aromatic N) is 1. The minimum atomic E-state index is -0.232. The van der Waals surface area contributed by atoms with Gasteiger partial charge in [0.05, 0.1) is 11.6 Å². The highest BCUT2D eigenvalue weighted by molar-refractivity contribution is 5.73. The number of rotatable bonds is 5. The van der Waals surface area contributed by atoms with E-state index in [9.17, 15) is 4.79 Å². The predicted molar refractivity (Wildman–Crippen MR) is 86.3 cm³/mol. The van der Waals surface area contributed by atoms with E-state index in [4.69, 9.17) is 10.00 Å². The van der Waals surface area contributed by atoms with Gasteiger partial charge in [-0.25, -0.2) is 0 Å². The first-order chi connectivity index (χ1) is 10.7. The Balaban J connectivity index is 2.00. The van der Waals surface area contributed by atoms with Crippen molar-refractivity contribution in [1.82, 2.24) is 0 Å². The molecule has 3 nitrogen and oxygen atoms in total. The van der Waals surface area contributed by atoms with E-state index in [0.29, 0.717) is 24.2 Å². The van der Waals surface area contributed by atoms with Gasteiger partial charge in [-0.15, -0.1) is 0 Å². The Morgan fingerprint density at radius 2 is 1.68 bits per heavy atom. The molecule has 0 heterocycles. The third kappa shape index (κ3) is 4.32. The van der Waals surface area contributed by atoms with Crippen LogP contribution in [0.4, 0.5) is 0 Å². The molecule has 0 aliphatic carbocycles. The molecule has 0 fully saturated rings. The number of esters is 1. The van der Waals surface area contributed by atoms with Crippen molar-refractivity contribution < 1.29 is 9.53 Å². The van der Waals surface area contributed by atoms with Crippen LogP contribution < -0.4 is 4.74 Å². The molecule has 0 unspecified atom stereocenters. The third-order valence-corrected chi connectivity index (χ3v) is 3.18. The van der Waals surface area contributed by atoms with Gasteiger partial charge in [-0.2, -0.15) is 5.26 Å². The van der Waals surface area contributed by atoms with Gasteiger partial charge in [0.2, 0.25) is 0 Å². The molecule has 0 aromatic heterocycles. The molecular weight excluding hydrogens is 274 g/mol. The van der Waals surface area contributed by atoms with Crippen LogP contribution in [-0.2, 0) is 4.79 Å². The lowest BCUT2D eigenvalue weighted by atomic mass is 10.0. The molecule has 0 bridgehead atoms. The number of allylic oxidation sites excluding steroid dienone is 2. The van der Waals surface area contributed by atoms with Crippen LogP contribution in [0.3, 0.4) is 0 Å². The topological polar surface area (TPSA) is 50.1 Å². The first-order valence-electron chi connectivity index (χ1n) is 7.15. The summed E-state index contributed by atoms with van der Waals surface area (Å²) in [4.78, 5) is 11.6. The van der Waals surface area contributed by atoms with E-state index >= 15 is 0 Å². The monoisotopic (exact) mass is 291 g/mol. The van der Waals surface area contributed by atoms with E-state index in [1.165, 1.54) is 0 Å². The fraction of sp³-hybridized carbons (Fsp3) is 0.158. The molecule has 2 aromatic rings. The number of hydrogen-bond acceptors (Lipinski definition) is 3. The summed E-state index contributed by atoms with van der Waals surface area (Å²) >= 11 is 0. The zero-order chi connectivity index (χ0) is 15.8. The average Bonchev–Trinajstić information content (AvgIpc) is 2.56. The van der Waals surface area contributed by atoms with Gasteiger partial charge < -0.3 is 4.74 Å². The minimum Gasteiger partial charge on any atom is -0.427 e. The number of ether oxygens (including phenoxy) is 1. The number of carbonyl (C=O) groups is 1. The summed E-state index contributed by atoms with van der Waals surface area (Å²) in [6, 6.07) is 16.8. The molecule has 0 N–H and O–H groups in total. The van der Waals surface area contributed by atoms with Crippen LogP contribution in [-0.4, -0.2) is 5.97 Å². The summed E-state index contributed by atoms with van der Waals surface area (Å²) in [6.07, 6.45) is 4.93. The summed E-state index contributed by atoms with van der Waals surface area (Å²) in [5.41, 5.74) is 2.67. The fourth-order valence-corrected chi connectivity index (χ4v) is 2.00. The SMILES string of the molecule is C/C=C/CCC(=O)Oc1ccc(-c2ccc(C#N)cc2)cc1. The third-order valence-electron chi connectivity index (χ3n) is 3.18. The largest absolute Gasteiger partial charge is 0.427 e. The molecule has 0 aliphatic rings. The molecule has 0 radical (unpaired) electrons. The molecule has 0 spiro atoms. The van der Waals surface area contributed by atoms with Crippen LogP contribution in [0.15, 0.2) is 60.7 Å². The van der Waals surface area contributed by atoms with Crippen LogP contribution in [0.5, 0.6) is 5.75 Å². The second-order valence-electron chi connectivity index (χ2n) is 4.80. The quantitative estimate of drug-likeness (QED) is 0.463. The molecule has 22 heavy (non-hydrogen) atoms. The van der Waals surface area contributed by atoms with Gasteiger partial charge in [-0.3, -0.25) is 4.79 Å². The normalized spacial score (nSPS) is 10.4. The van der Waals surface area contributed by atoms with Crippen LogP contribution in [0.25, 0.3) is 11.1 Å². The Hall–Kier alpha value is -2.86. The van der Waals surface area contributed by atoms with Crippen LogP contribution >= 0.6 is 0 Å². The first kappa shape index (κ1) is 15.5. The second kappa shape index (κ2) is 7.80. The Morgan fingerprint density at radius 1 is 1.09 bits per heavy atom. The summed E-state index contributed by atoms with van der Waals surface area (Å²) in [5.74, 6) is 0.312. The Morgan fingerprint density at radius 3 is 2.23 bits per heavy atom. The standard InChI is InChI=1S/C19H17NO2/c1-2-3-4-5-19(21)22-18-12-10-17(11-13-18)16-8-6-15(14-20)7-9-16/h2-3,6-13H,4-5H2,1H3/b3-2+. The molecule has 0 saturated heterocycles. The highest BCUT2D eigenvalue weighted by atomic mass is 16.5. The van der Waals surface area contributed by atoms with E-state index in [1.54, 1.807) is 24.3 Å². The smallest absolute Gasteiger partial charge is 0.311 e. The second-order valence-corrected chi connectivity index (χ2v) is 4.80. The zero-order valence-electron chi connectivity index (χ0n) is 12.5. The molecule has 110 valence electrons. The van der Waals surface area contributed by atoms with Crippen molar-refractivity contribution >= 4 is 5.97 Å². The van der Waals surface area contributed by atoms with Crippen molar-refractivity contribution in [2.75, 3.05) is 0 Å². The fourth-order valence-electron chi connectivity index (χ4n) is 2.00. The number of carbonyl (C=O) groups excluding carboxylic acids is 1.